The Morgan fingerprint density at radius 1 is 1.42 bits per heavy atom. The van der Waals surface area contributed by atoms with Crippen molar-refractivity contribution in [3.05, 3.63) is 0 Å². The van der Waals surface area contributed by atoms with E-state index >= 15 is 0 Å². The van der Waals surface area contributed by atoms with Gasteiger partial charge in [-0.1, -0.05) is 0 Å². The monoisotopic (exact) mass is 171 g/mol. The summed E-state index contributed by atoms with van der Waals surface area (Å²) in [6, 6.07) is 0. The maximum Gasteiger partial charge on any atom is 0.254 e. The molecule has 1 aliphatic heterocycles. The summed E-state index contributed by atoms with van der Waals surface area (Å²) >= 11 is 0. The van der Waals surface area contributed by atoms with Crippen LogP contribution in [0.5, 0.6) is 0 Å². The van der Waals surface area contributed by atoms with E-state index < -0.39 is 5.60 Å². The molecule has 2 aliphatic rings. The van der Waals surface area contributed by atoms with Crippen molar-refractivity contribution >= 4 is 5.91 Å². The van der Waals surface area contributed by atoms with Gasteiger partial charge in [-0.25, -0.2) is 0 Å². The fourth-order valence-electron chi connectivity index (χ4n) is 1.64. The van der Waals surface area contributed by atoms with Gasteiger partial charge in [-0.05, 0) is 19.3 Å². The van der Waals surface area contributed by atoms with Crippen LogP contribution in [0, 0.1) is 0 Å². The first kappa shape index (κ1) is 8.01. The molecule has 4 nitrogen and oxygen atoms in total. The van der Waals surface area contributed by atoms with Gasteiger partial charge in [0.25, 0.3) is 5.91 Å². The van der Waals surface area contributed by atoms with E-state index in [0.717, 1.165) is 6.42 Å². The topological polar surface area (TPSA) is 60.8 Å². The standard InChI is InChI=1S/C8H13NO3/c10-6-4-9(5-6)7(11)8(12)2-1-3-8/h6,10,12H,1-5H2. The van der Waals surface area contributed by atoms with Crippen LogP contribution in [0.3, 0.4) is 0 Å². The first-order chi connectivity index (χ1) is 5.62. The molecule has 0 radical (unpaired) electrons. The van der Waals surface area contributed by atoms with Gasteiger partial charge in [-0.2, -0.15) is 0 Å². The summed E-state index contributed by atoms with van der Waals surface area (Å²) in [5.41, 5.74) is -1.08. The first-order valence-corrected chi connectivity index (χ1v) is 4.32. The summed E-state index contributed by atoms with van der Waals surface area (Å²) in [6.07, 6.45) is 1.72. The molecule has 1 heterocycles. The van der Waals surface area contributed by atoms with Crippen LogP contribution in [0.25, 0.3) is 0 Å². The minimum Gasteiger partial charge on any atom is -0.389 e. The number of hydrogen-bond acceptors (Lipinski definition) is 3. The molecule has 0 unspecified atom stereocenters. The second kappa shape index (κ2) is 2.44. The fourth-order valence-corrected chi connectivity index (χ4v) is 1.64. The molecule has 1 saturated heterocycles. The summed E-state index contributed by atoms with van der Waals surface area (Å²) in [6.45, 7) is 0.780. The van der Waals surface area contributed by atoms with E-state index in [4.69, 9.17) is 5.11 Å². The molecule has 4 heteroatoms. The Bertz CT molecular complexity index is 206. The predicted molar refractivity (Wildman–Crippen MR) is 41.4 cm³/mol. The number of aliphatic hydroxyl groups is 2. The Kier molecular flexibility index (Phi) is 1.63. The van der Waals surface area contributed by atoms with Crippen molar-refractivity contribution in [2.24, 2.45) is 0 Å². The zero-order valence-electron chi connectivity index (χ0n) is 6.86. The molecular formula is C8H13NO3. The predicted octanol–water partition coefficient (Wildman–Crippen LogP) is -0.896. The van der Waals surface area contributed by atoms with Crippen LogP contribution in [-0.4, -0.2) is 45.8 Å². The Balaban J connectivity index is 1.92. The molecule has 0 aromatic heterocycles. The average molecular weight is 171 g/mol. The number of amides is 1. The summed E-state index contributed by atoms with van der Waals surface area (Å²) < 4.78 is 0. The van der Waals surface area contributed by atoms with Crippen LogP contribution < -0.4 is 0 Å². The van der Waals surface area contributed by atoms with Crippen LogP contribution in [0.2, 0.25) is 0 Å². The van der Waals surface area contributed by atoms with Gasteiger partial charge in [-0.3, -0.25) is 4.79 Å². The lowest BCUT2D eigenvalue weighted by Crippen LogP contribution is -2.62. The van der Waals surface area contributed by atoms with E-state index in [1.165, 1.54) is 4.90 Å². The van der Waals surface area contributed by atoms with Gasteiger partial charge in [0.15, 0.2) is 0 Å². The van der Waals surface area contributed by atoms with Gasteiger partial charge in [0.2, 0.25) is 0 Å². The summed E-state index contributed by atoms with van der Waals surface area (Å²) in [4.78, 5) is 13.0. The van der Waals surface area contributed by atoms with Gasteiger partial charge in [0.05, 0.1) is 6.10 Å². The lowest BCUT2D eigenvalue weighted by molar-refractivity contribution is -0.170. The highest BCUT2D eigenvalue weighted by atomic mass is 16.3. The van der Waals surface area contributed by atoms with Crippen LogP contribution in [0.4, 0.5) is 0 Å². The van der Waals surface area contributed by atoms with Gasteiger partial charge >= 0.3 is 0 Å². The average Bonchev–Trinajstić information content (AvgIpc) is 1.93. The van der Waals surface area contributed by atoms with Crippen molar-refractivity contribution in [1.29, 1.82) is 0 Å². The molecule has 0 atom stereocenters. The molecule has 2 N–H and O–H groups in total. The van der Waals surface area contributed by atoms with Crippen molar-refractivity contribution < 1.29 is 15.0 Å². The van der Waals surface area contributed by atoms with Gasteiger partial charge < -0.3 is 15.1 Å². The third-order valence-electron chi connectivity index (χ3n) is 2.73. The van der Waals surface area contributed by atoms with Crippen molar-refractivity contribution in [3.8, 4) is 0 Å². The highest BCUT2D eigenvalue weighted by Crippen LogP contribution is 2.34. The molecule has 0 spiro atoms. The largest absolute Gasteiger partial charge is 0.389 e. The highest BCUT2D eigenvalue weighted by Gasteiger charge is 2.47. The Morgan fingerprint density at radius 3 is 2.33 bits per heavy atom. The fraction of sp³-hybridized carbons (Fsp3) is 0.875. The van der Waals surface area contributed by atoms with Crippen LogP contribution in [0.1, 0.15) is 19.3 Å². The third-order valence-corrected chi connectivity index (χ3v) is 2.73. The van der Waals surface area contributed by atoms with E-state index in [2.05, 4.69) is 0 Å². The Morgan fingerprint density at radius 2 is 2.00 bits per heavy atom. The molecule has 12 heavy (non-hydrogen) atoms. The summed E-state index contributed by atoms with van der Waals surface area (Å²) in [5, 5.41) is 18.6. The third kappa shape index (κ3) is 1.03. The van der Waals surface area contributed by atoms with E-state index in [9.17, 15) is 9.90 Å². The first-order valence-electron chi connectivity index (χ1n) is 4.32. The Hall–Kier alpha value is -0.610. The van der Waals surface area contributed by atoms with Crippen LogP contribution >= 0.6 is 0 Å². The van der Waals surface area contributed by atoms with Crippen molar-refractivity contribution in [3.63, 3.8) is 0 Å². The van der Waals surface area contributed by atoms with Crippen molar-refractivity contribution in [1.82, 2.24) is 4.90 Å². The summed E-state index contributed by atoms with van der Waals surface area (Å²) in [7, 11) is 0. The molecule has 1 amide bonds. The van der Waals surface area contributed by atoms with Gasteiger partial charge in [0.1, 0.15) is 5.60 Å². The normalized spacial score (nSPS) is 27.7. The van der Waals surface area contributed by atoms with E-state index in [0.29, 0.717) is 25.9 Å². The molecule has 68 valence electrons. The maximum absolute atomic E-state index is 11.4. The number of carbonyl (C=O) groups excluding carboxylic acids is 1. The molecule has 1 saturated carbocycles. The second-order valence-corrected chi connectivity index (χ2v) is 3.75. The van der Waals surface area contributed by atoms with Crippen LogP contribution in [-0.2, 0) is 4.79 Å². The van der Waals surface area contributed by atoms with E-state index in [1.54, 1.807) is 0 Å². The highest BCUT2D eigenvalue weighted by molar-refractivity contribution is 5.86. The Labute approximate surface area is 70.8 Å². The number of nitrogens with zero attached hydrogens (tertiary/aromatic N) is 1. The smallest absolute Gasteiger partial charge is 0.254 e. The quantitative estimate of drug-likeness (QED) is 0.537. The lowest BCUT2D eigenvalue weighted by Gasteiger charge is -2.44. The number of rotatable bonds is 1. The molecule has 0 bridgehead atoms. The molecule has 2 rings (SSSR count). The van der Waals surface area contributed by atoms with E-state index in [1.807, 2.05) is 0 Å². The second-order valence-electron chi connectivity index (χ2n) is 3.75. The minimum absolute atomic E-state index is 0.195. The van der Waals surface area contributed by atoms with Gasteiger partial charge in [0, 0.05) is 13.1 Å². The summed E-state index contributed by atoms with van der Waals surface area (Å²) in [5.74, 6) is -0.195. The number of likely N-dealkylation sites (tertiary alicyclic amines) is 1. The molecule has 0 aromatic rings. The SMILES string of the molecule is O=C(N1CC(O)C1)C1(O)CCC1. The number of carbonyl (C=O) groups is 1. The van der Waals surface area contributed by atoms with Crippen molar-refractivity contribution in [2.45, 2.75) is 31.0 Å². The maximum atomic E-state index is 11.4. The molecule has 1 aliphatic carbocycles. The molecule has 2 fully saturated rings. The molecule has 0 aromatic carbocycles. The minimum atomic E-state index is -1.08. The zero-order valence-corrected chi connectivity index (χ0v) is 6.86. The van der Waals surface area contributed by atoms with Gasteiger partial charge in [-0.15, -0.1) is 0 Å². The zero-order chi connectivity index (χ0) is 8.77. The van der Waals surface area contributed by atoms with Crippen molar-refractivity contribution in [2.75, 3.05) is 13.1 Å². The van der Waals surface area contributed by atoms with Crippen LogP contribution in [0.15, 0.2) is 0 Å². The van der Waals surface area contributed by atoms with E-state index in [-0.39, 0.29) is 12.0 Å². The number of β-amino-alcohol motifs (C(OH)–C–C–N with tert-alkyl or cyclic N) is 1. The molecular weight excluding hydrogens is 158 g/mol. The lowest BCUT2D eigenvalue weighted by atomic mass is 9.78. The number of aliphatic hydroxyl groups excluding tert-OH is 1. The number of hydrogen-bond donors (Lipinski definition) is 2.